The van der Waals surface area contributed by atoms with Crippen molar-refractivity contribution in [2.24, 2.45) is 0 Å². The predicted molar refractivity (Wildman–Crippen MR) is 101 cm³/mol. The topological polar surface area (TPSA) is 76.8 Å². The van der Waals surface area contributed by atoms with Gasteiger partial charge in [-0.25, -0.2) is 0 Å². The molecule has 0 aliphatic carbocycles. The lowest BCUT2D eigenvalue weighted by atomic mass is 10.1. The van der Waals surface area contributed by atoms with E-state index >= 15 is 0 Å². The lowest BCUT2D eigenvalue weighted by Gasteiger charge is -2.33. The molecular formula is C20H19N3O4. The normalized spacial score (nSPS) is 15.9. The Labute approximate surface area is 155 Å². The molecule has 7 heteroatoms. The van der Waals surface area contributed by atoms with Crippen LogP contribution in [0.25, 0.3) is 11.1 Å². The monoisotopic (exact) mass is 365 g/mol. The molecule has 0 radical (unpaired) electrons. The van der Waals surface area contributed by atoms with Crippen molar-refractivity contribution in [1.29, 1.82) is 0 Å². The van der Waals surface area contributed by atoms with Gasteiger partial charge in [-0.2, -0.15) is 4.98 Å². The number of carbonyl (C=O) groups is 1. The summed E-state index contributed by atoms with van der Waals surface area (Å²) < 4.78 is 16.5. The third kappa shape index (κ3) is 2.90. The van der Waals surface area contributed by atoms with Gasteiger partial charge >= 0.3 is 0 Å². The minimum absolute atomic E-state index is 0.156. The molecule has 1 aromatic heterocycles. The summed E-state index contributed by atoms with van der Waals surface area (Å²) >= 11 is 0. The first kappa shape index (κ1) is 16.1. The van der Waals surface area contributed by atoms with Gasteiger partial charge in [0.2, 0.25) is 0 Å². The highest BCUT2D eigenvalue weighted by Gasteiger charge is 2.26. The van der Waals surface area contributed by atoms with Crippen LogP contribution in [0.2, 0.25) is 0 Å². The number of benzene rings is 2. The van der Waals surface area contributed by atoms with E-state index in [0.717, 1.165) is 17.7 Å². The number of hydrogen-bond acceptors (Lipinski definition) is 6. The number of fused-ring (bicyclic) bond motifs is 2. The molecular weight excluding hydrogens is 346 g/mol. The molecule has 7 nitrogen and oxygen atoms in total. The zero-order valence-electron chi connectivity index (χ0n) is 14.9. The van der Waals surface area contributed by atoms with Crippen LogP contribution >= 0.6 is 0 Å². The highest BCUT2D eigenvalue weighted by Crippen LogP contribution is 2.28. The van der Waals surface area contributed by atoms with E-state index in [2.05, 4.69) is 10.3 Å². The Kier molecular flexibility index (Phi) is 3.75. The van der Waals surface area contributed by atoms with Crippen LogP contribution in [0.1, 0.15) is 15.9 Å². The van der Waals surface area contributed by atoms with Gasteiger partial charge in [-0.15, -0.1) is 0 Å². The van der Waals surface area contributed by atoms with Crippen molar-refractivity contribution in [3.05, 3.63) is 47.5 Å². The van der Waals surface area contributed by atoms with Gasteiger partial charge in [-0.1, -0.05) is 0 Å². The quantitative estimate of drug-likeness (QED) is 0.766. The van der Waals surface area contributed by atoms with Crippen LogP contribution in [0.5, 0.6) is 5.75 Å². The maximum atomic E-state index is 12.6. The number of rotatable bonds is 4. The predicted octanol–water partition coefficient (Wildman–Crippen LogP) is 2.85. The molecule has 1 saturated heterocycles. The molecule has 3 heterocycles. The number of aromatic nitrogens is 1. The van der Waals surface area contributed by atoms with E-state index in [0.29, 0.717) is 54.2 Å². The zero-order chi connectivity index (χ0) is 18.4. The molecule has 0 atom stereocenters. The van der Waals surface area contributed by atoms with E-state index in [-0.39, 0.29) is 5.91 Å². The summed E-state index contributed by atoms with van der Waals surface area (Å²) in [4.78, 5) is 19.1. The Balaban J connectivity index is 1.36. The zero-order valence-corrected chi connectivity index (χ0v) is 14.9. The summed E-state index contributed by atoms with van der Waals surface area (Å²) in [5.74, 6) is 0.709. The number of hydrogen-bond donors (Lipinski definition) is 1. The molecule has 27 heavy (non-hydrogen) atoms. The van der Waals surface area contributed by atoms with Gasteiger partial charge in [-0.3, -0.25) is 4.79 Å². The molecule has 5 rings (SSSR count). The smallest absolute Gasteiger partial charge is 0.298 e. The van der Waals surface area contributed by atoms with Crippen LogP contribution in [0.4, 0.5) is 11.7 Å². The standard InChI is InChI=1S/C20H19N3O4/c1-23(15-10-25-11-15)20-22-16-9-14(3-5-18(16)27-20)21-19(24)13-2-4-17-12(8-13)6-7-26-17/h2-5,8-9,15H,6-7,10-11H2,1H3,(H,21,24). The number of anilines is 2. The lowest BCUT2D eigenvalue weighted by Crippen LogP contribution is -2.47. The lowest BCUT2D eigenvalue weighted by molar-refractivity contribution is 0.00864. The van der Waals surface area contributed by atoms with E-state index < -0.39 is 0 Å². The molecule has 0 unspecified atom stereocenters. The molecule has 2 aromatic carbocycles. The van der Waals surface area contributed by atoms with Crippen molar-refractivity contribution in [3.63, 3.8) is 0 Å². The van der Waals surface area contributed by atoms with Crippen molar-refractivity contribution in [2.45, 2.75) is 12.5 Å². The molecule has 2 aliphatic heterocycles. The SMILES string of the molecule is CN(c1nc2cc(NC(=O)c3ccc4c(c3)CCO4)ccc2o1)C1COC1. The van der Waals surface area contributed by atoms with Gasteiger partial charge in [0, 0.05) is 24.7 Å². The van der Waals surface area contributed by atoms with Gasteiger partial charge in [0.05, 0.1) is 25.9 Å². The Morgan fingerprint density at radius 1 is 1.22 bits per heavy atom. The number of nitrogens with one attached hydrogen (secondary N) is 1. The number of carbonyl (C=O) groups excluding carboxylic acids is 1. The maximum Gasteiger partial charge on any atom is 0.298 e. The summed E-state index contributed by atoms with van der Waals surface area (Å²) in [6, 6.07) is 11.8. The summed E-state index contributed by atoms with van der Waals surface area (Å²) in [5, 5.41) is 2.93. The van der Waals surface area contributed by atoms with Crippen molar-refractivity contribution in [3.8, 4) is 5.75 Å². The van der Waals surface area contributed by atoms with Crippen molar-refractivity contribution in [2.75, 3.05) is 37.1 Å². The van der Waals surface area contributed by atoms with Crippen LogP contribution in [0.15, 0.2) is 40.8 Å². The van der Waals surface area contributed by atoms with Crippen LogP contribution in [0.3, 0.4) is 0 Å². The molecule has 0 bridgehead atoms. The fourth-order valence-corrected chi connectivity index (χ4v) is 3.28. The van der Waals surface area contributed by atoms with Gasteiger partial charge in [0.15, 0.2) is 5.58 Å². The summed E-state index contributed by atoms with van der Waals surface area (Å²) in [6.07, 6.45) is 0.837. The first-order valence-electron chi connectivity index (χ1n) is 8.95. The fraction of sp³-hybridized carbons (Fsp3) is 0.300. The Morgan fingerprint density at radius 2 is 2.11 bits per heavy atom. The van der Waals surface area contributed by atoms with Gasteiger partial charge < -0.3 is 24.1 Å². The third-order valence-electron chi connectivity index (χ3n) is 5.06. The highest BCUT2D eigenvalue weighted by atomic mass is 16.5. The average Bonchev–Trinajstić information content (AvgIpc) is 3.25. The van der Waals surface area contributed by atoms with E-state index in [1.165, 1.54) is 0 Å². The third-order valence-corrected chi connectivity index (χ3v) is 5.06. The first-order chi connectivity index (χ1) is 13.2. The number of oxazole rings is 1. The first-order valence-corrected chi connectivity index (χ1v) is 8.95. The van der Waals surface area contributed by atoms with Crippen LogP contribution in [-0.4, -0.2) is 43.8 Å². The molecule has 1 amide bonds. The molecule has 3 aromatic rings. The van der Waals surface area contributed by atoms with E-state index in [1.807, 2.05) is 42.3 Å². The Morgan fingerprint density at radius 3 is 2.93 bits per heavy atom. The summed E-state index contributed by atoms with van der Waals surface area (Å²) in [6.45, 7) is 2.04. The number of likely N-dealkylation sites (N-methyl/N-ethyl adjacent to an activating group) is 1. The van der Waals surface area contributed by atoms with Crippen molar-refractivity contribution < 1.29 is 18.7 Å². The van der Waals surface area contributed by atoms with E-state index in [1.54, 1.807) is 6.07 Å². The fourth-order valence-electron chi connectivity index (χ4n) is 3.28. The van der Waals surface area contributed by atoms with Crippen LogP contribution in [0, 0.1) is 0 Å². The largest absolute Gasteiger partial charge is 0.493 e. The maximum absolute atomic E-state index is 12.6. The summed E-state index contributed by atoms with van der Waals surface area (Å²) in [5.41, 5.74) is 3.76. The number of nitrogens with zero attached hydrogens (tertiary/aromatic N) is 2. The molecule has 1 N–H and O–H groups in total. The van der Waals surface area contributed by atoms with Gasteiger partial charge in [0.25, 0.3) is 11.9 Å². The van der Waals surface area contributed by atoms with Crippen molar-refractivity contribution >= 4 is 28.7 Å². The Hall–Kier alpha value is -3.06. The molecule has 2 aliphatic rings. The summed E-state index contributed by atoms with van der Waals surface area (Å²) in [7, 11) is 1.94. The molecule has 0 saturated carbocycles. The molecule has 0 spiro atoms. The minimum atomic E-state index is -0.156. The van der Waals surface area contributed by atoms with Crippen LogP contribution in [-0.2, 0) is 11.2 Å². The van der Waals surface area contributed by atoms with Crippen LogP contribution < -0.4 is 15.0 Å². The number of ether oxygens (including phenoxy) is 2. The second-order valence-corrected chi connectivity index (χ2v) is 6.86. The second kappa shape index (κ2) is 6.28. The Bertz CT molecular complexity index is 1030. The highest BCUT2D eigenvalue weighted by molar-refractivity contribution is 6.05. The average molecular weight is 365 g/mol. The second-order valence-electron chi connectivity index (χ2n) is 6.86. The van der Waals surface area contributed by atoms with Gasteiger partial charge in [0.1, 0.15) is 11.3 Å². The van der Waals surface area contributed by atoms with Gasteiger partial charge in [-0.05, 0) is 42.0 Å². The van der Waals surface area contributed by atoms with Crippen molar-refractivity contribution in [1.82, 2.24) is 4.98 Å². The van der Waals surface area contributed by atoms with E-state index in [4.69, 9.17) is 13.9 Å². The molecule has 1 fully saturated rings. The van der Waals surface area contributed by atoms with E-state index in [9.17, 15) is 4.79 Å². The minimum Gasteiger partial charge on any atom is -0.493 e. The molecule has 138 valence electrons. The number of amides is 1.